The monoisotopic (exact) mass is 869 g/mol. The van der Waals surface area contributed by atoms with Crippen LogP contribution in [0.15, 0.2) is 134 Å². The second-order valence-corrected chi connectivity index (χ2v) is 15.6. The zero-order chi connectivity index (χ0) is 45.8. The minimum absolute atomic E-state index is 0.110. The lowest BCUT2D eigenvalue weighted by molar-refractivity contribution is -0.167. The van der Waals surface area contributed by atoms with Crippen molar-refractivity contribution in [2.24, 2.45) is 0 Å². The predicted octanol–water partition coefficient (Wildman–Crippen LogP) is 16.3. The fraction of sp³-hybridized carbons (Fsp3) is 0.561. The molecule has 352 valence electrons. The number of ether oxygens (including phenoxy) is 3. The van der Waals surface area contributed by atoms with E-state index in [1.54, 1.807) is 0 Å². The minimum Gasteiger partial charge on any atom is -0.462 e. The molecular weight excluding hydrogens is 781 g/mol. The molecule has 6 heteroatoms. The summed E-state index contributed by atoms with van der Waals surface area (Å²) in [4.78, 5) is 37.5. The Hall–Kier alpha value is -4.45. The topological polar surface area (TPSA) is 78.9 Å². The summed E-state index contributed by atoms with van der Waals surface area (Å²) in [6.07, 6.45) is 70.5. The Labute approximate surface area is 385 Å². The average molecular weight is 869 g/mol. The van der Waals surface area contributed by atoms with Gasteiger partial charge in [0, 0.05) is 19.3 Å². The van der Waals surface area contributed by atoms with Crippen molar-refractivity contribution in [3.8, 4) is 0 Å². The van der Waals surface area contributed by atoms with Gasteiger partial charge in [-0.25, -0.2) is 0 Å². The fourth-order valence-corrected chi connectivity index (χ4v) is 6.00. The standard InChI is InChI=1S/C57H88O6/c1-4-7-10-13-15-17-19-21-22-23-24-25-26-27-28-29-30-31-32-33-34-36-37-39-41-44-47-50-56(59)62-53-54(52-61-55(58)49-46-43-12-9-6-3)63-57(60)51-48-45-42-40-38-35-20-18-16-14-11-8-5-2/h7-8,10-11,15-18,21-22,24-25,27-28,30-31,33-35,37-39,54H,4-6,9,12-14,19-20,23,26,29,32,36,40-53H2,1-3H3/b10-7-,11-8-,17-15-,18-16-,22-21-,25-24-,28-27-,31-30-,34-33-,38-35-,39-37-. The smallest absolute Gasteiger partial charge is 0.306 e. The maximum absolute atomic E-state index is 12.7. The van der Waals surface area contributed by atoms with Crippen LogP contribution in [-0.2, 0) is 28.6 Å². The van der Waals surface area contributed by atoms with Gasteiger partial charge >= 0.3 is 17.9 Å². The van der Waals surface area contributed by atoms with Crippen LogP contribution in [0, 0.1) is 0 Å². The van der Waals surface area contributed by atoms with Crippen LogP contribution in [0.25, 0.3) is 0 Å². The zero-order valence-electron chi connectivity index (χ0n) is 40.0. The van der Waals surface area contributed by atoms with E-state index in [0.717, 1.165) is 141 Å². The Kier molecular flexibility index (Phi) is 46.7. The molecule has 0 amide bonds. The molecule has 0 aliphatic carbocycles. The summed E-state index contributed by atoms with van der Waals surface area (Å²) < 4.78 is 16.5. The summed E-state index contributed by atoms with van der Waals surface area (Å²) in [6.45, 7) is 6.22. The fourth-order valence-electron chi connectivity index (χ4n) is 6.00. The highest BCUT2D eigenvalue weighted by molar-refractivity contribution is 5.71. The summed E-state index contributed by atoms with van der Waals surface area (Å²) in [6, 6.07) is 0. The molecule has 0 fully saturated rings. The molecule has 0 aromatic rings. The van der Waals surface area contributed by atoms with Crippen molar-refractivity contribution < 1.29 is 28.6 Å². The number of carbonyl (C=O) groups is 3. The third-order valence-electron chi connectivity index (χ3n) is 9.65. The van der Waals surface area contributed by atoms with Gasteiger partial charge in [0.25, 0.3) is 0 Å². The van der Waals surface area contributed by atoms with E-state index < -0.39 is 6.10 Å². The lowest BCUT2D eigenvalue weighted by Gasteiger charge is -2.18. The quantitative estimate of drug-likeness (QED) is 0.0263. The van der Waals surface area contributed by atoms with Crippen LogP contribution < -0.4 is 0 Å². The van der Waals surface area contributed by atoms with E-state index in [4.69, 9.17) is 14.2 Å². The SMILES string of the molecule is CC/C=C\C/C=C\C/C=C\C/C=C\C/C=C\C/C=C\C/C=C\C/C=C\CCCCC(=O)OCC(COC(=O)CCCCCCC)OC(=O)CCCCC/C=C\C/C=C\C/C=C\CC. The van der Waals surface area contributed by atoms with Gasteiger partial charge in [0.05, 0.1) is 0 Å². The van der Waals surface area contributed by atoms with Crippen molar-refractivity contribution in [1.82, 2.24) is 0 Å². The molecular formula is C57H88O6. The number of allylic oxidation sites excluding steroid dienone is 22. The Bertz CT molecular complexity index is 1420. The summed E-state index contributed by atoms with van der Waals surface area (Å²) in [5.41, 5.74) is 0. The molecule has 0 saturated carbocycles. The van der Waals surface area contributed by atoms with Crippen molar-refractivity contribution in [3.63, 3.8) is 0 Å². The van der Waals surface area contributed by atoms with Crippen molar-refractivity contribution in [1.29, 1.82) is 0 Å². The van der Waals surface area contributed by atoms with Crippen molar-refractivity contribution in [3.05, 3.63) is 134 Å². The normalized spacial score (nSPS) is 13.3. The molecule has 1 unspecified atom stereocenters. The van der Waals surface area contributed by atoms with Crippen LogP contribution in [0.2, 0.25) is 0 Å². The lowest BCUT2D eigenvalue weighted by atomic mass is 10.1. The third kappa shape index (κ3) is 48.4. The summed E-state index contributed by atoms with van der Waals surface area (Å²) in [7, 11) is 0. The highest BCUT2D eigenvalue weighted by Gasteiger charge is 2.19. The third-order valence-corrected chi connectivity index (χ3v) is 9.65. The number of hydrogen-bond donors (Lipinski definition) is 0. The molecule has 0 aliphatic heterocycles. The zero-order valence-corrected chi connectivity index (χ0v) is 40.0. The maximum Gasteiger partial charge on any atom is 0.306 e. The van der Waals surface area contributed by atoms with E-state index in [2.05, 4.69) is 154 Å². The molecule has 0 aromatic heterocycles. The first-order valence-corrected chi connectivity index (χ1v) is 24.7. The minimum atomic E-state index is -0.811. The van der Waals surface area contributed by atoms with Crippen LogP contribution in [0.5, 0.6) is 0 Å². The van der Waals surface area contributed by atoms with Crippen molar-refractivity contribution in [2.45, 2.75) is 194 Å². The van der Waals surface area contributed by atoms with Crippen LogP contribution in [0.1, 0.15) is 188 Å². The Balaban J connectivity index is 4.29. The lowest BCUT2D eigenvalue weighted by Crippen LogP contribution is -2.30. The average Bonchev–Trinajstić information content (AvgIpc) is 3.28. The van der Waals surface area contributed by atoms with Gasteiger partial charge in [-0.3, -0.25) is 14.4 Å². The first kappa shape index (κ1) is 58.6. The maximum atomic E-state index is 12.7. The number of unbranched alkanes of at least 4 members (excludes halogenated alkanes) is 9. The molecule has 6 nitrogen and oxygen atoms in total. The van der Waals surface area contributed by atoms with Gasteiger partial charge in [-0.2, -0.15) is 0 Å². The van der Waals surface area contributed by atoms with Gasteiger partial charge in [0.2, 0.25) is 0 Å². The van der Waals surface area contributed by atoms with E-state index >= 15 is 0 Å². The number of carbonyl (C=O) groups excluding carboxylic acids is 3. The molecule has 0 bridgehead atoms. The van der Waals surface area contributed by atoms with Gasteiger partial charge in [-0.1, -0.05) is 187 Å². The molecule has 63 heavy (non-hydrogen) atoms. The summed E-state index contributed by atoms with van der Waals surface area (Å²) >= 11 is 0. The Morgan fingerprint density at radius 1 is 0.333 bits per heavy atom. The van der Waals surface area contributed by atoms with E-state index in [1.165, 1.54) is 0 Å². The van der Waals surface area contributed by atoms with Crippen molar-refractivity contribution >= 4 is 17.9 Å². The van der Waals surface area contributed by atoms with E-state index in [9.17, 15) is 14.4 Å². The molecule has 0 heterocycles. The molecule has 0 radical (unpaired) electrons. The molecule has 0 spiro atoms. The molecule has 1 atom stereocenters. The van der Waals surface area contributed by atoms with Gasteiger partial charge in [0.15, 0.2) is 6.10 Å². The molecule has 0 N–H and O–H groups in total. The molecule has 0 saturated heterocycles. The second-order valence-electron chi connectivity index (χ2n) is 15.6. The first-order chi connectivity index (χ1) is 31.0. The van der Waals surface area contributed by atoms with Gasteiger partial charge < -0.3 is 14.2 Å². The van der Waals surface area contributed by atoms with E-state index in [-0.39, 0.29) is 37.5 Å². The van der Waals surface area contributed by atoms with Crippen LogP contribution in [0.3, 0.4) is 0 Å². The summed E-state index contributed by atoms with van der Waals surface area (Å²) in [5, 5.41) is 0. The number of rotatable bonds is 42. The largest absolute Gasteiger partial charge is 0.462 e. The first-order valence-electron chi connectivity index (χ1n) is 24.7. The molecule has 0 rings (SSSR count). The highest BCUT2D eigenvalue weighted by atomic mass is 16.6. The van der Waals surface area contributed by atoms with Crippen LogP contribution >= 0.6 is 0 Å². The Morgan fingerprint density at radius 3 is 0.984 bits per heavy atom. The number of esters is 3. The second kappa shape index (κ2) is 50.2. The number of hydrogen-bond acceptors (Lipinski definition) is 6. The highest BCUT2D eigenvalue weighted by Crippen LogP contribution is 2.11. The Morgan fingerprint density at radius 2 is 0.619 bits per heavy atom. The van der Waals surface area contributed by atoms with Crippen LogP contribution in [-0.4, -0.2) is 37.2 Å². The van der Waals surface area contributed by atoms with Gasteiger partial charge in [-0.15, -0.1) is 0 Å². The molecule has 0 aliphatic rings. The molecule has 0 aromatic carbocycles. The van der Waals surface area contributed by atoms with E-state index in [1.807, 2.05) is 0 Å². The van der Waals surface area contributed by atoms with Gasteiger partial charge in [-0.05, 0) is 116 Å². The predicted molar refractivity (Wildman–Crippen MR) is 269 cm³/mol. The van der Waals surface area contributed by atoms with E-state index in [0.29, 0.717) is 19.3 Å². The van der Waals surface area contributed by atoms with Crippen LogP contribution in [0.4, 0.5) is 0 Å². The summed E-state index contributed by atoms with van der Waals surface area (Å²) in [5.74, 6) is -1.01. The van der Waals surface area contributed by atoms with Gasteiger partial charge in [0.1, 0.15) is 13.2 Å². The van der Waals surface area contributed by atoms with Crippen molar-refractivity contribution in [2.75, 3.05) is 13.2 Å².